The summed E-state index contributed by atoms with van der Waals surface area (Å²) < 4.78 is 83.6. The number of esters is 2. The van der Waals surface area contributed by atoms with Crippen LogP contribution in [0.3, 0.4) is 0 Å². The zero-order chi connectivity index (χ0) is 16.7. The molecule has 0 heterocycles. The Hall–Kier alpha value is -1.56. The Morgan fingerprint density at radius 3 is 1.76 bits per heavy atom. The third-order valence-electron chi connectivity index (χ3n) is 1.74. The quantitative estimate of drug-likeness (QED) is 0.405. The molecule has 12 heteroatoms. The van der Waals surface area contributed by atoms with Gasteiger partial charge in [-0.3, -0.25) is 19.1 Å². The van der Waals surface area contributed by atoms with Gasteiger partial charge in [0.25, 0.3) is 0 Å². The van der Waals surface area contributed by atoms with Crippen molar-refractivity contribution >= 4 is 11.9 Å². The fourth-order valence-corrected chi connectivity index (χ4v) is 0.851. The van der Waals surface area contributed by atoms with Gasteiger partial charge in [0.15, 0.2) is 0 Å². The average Bonchev–Trinajstić information content (AvgIpc) is 2.24. The zero-order valence-electron chi connectivity index (χ0n) is 10.4. The molecule has 0 fully saturated rings. The molecule has 6 nitrogen and oxygen atoms in total. The number of alkyl halides is 6. The van der Waals surface area contributed by atoms with Crippen LogP contribution in [0, 0.1) is 5.92 Å². The highest BCUT2D eigenvalue weighted by Gasteiger charge is 2.31. The summed E-state index contributed by atoms with van der Waals surface area (Å²) in [6.45, 7) is -1.71. The first-order valence-corrected chi connectivity index (χ1v) is 5.14. The van der Waals surface area contributed by atoms with Crippen molar-refractivity contribution in [2.45, 2.75) is 26.1 Å². The summed E-state index contributed by atoms with van der Waals surface area (Å²) in [6.07, 6.45) is -10.7. The van der Waals surface area contributed by atoms with E-state index in [0.29, 0.717) is 0 Å². The molecule has 0 aliphatic rings. The lowest BCUT2D eigenvalue weighted by molar-refractivity contribution is -0.347. The van der Waals surface area contributed by atoms with Gasteiger partial charge in [0.2, 0.25) is 13.6 Å². The maximum atomic E-state index is 11.6. The molecular formula is C9H10F6O6. The first-order valence-electron chi connectivity index (χ1n) is 5.14. The molecule has 0 rings (SSSR count). The molecule has 0 radical (unpaired) electrons. The van der Waals surface area contributed by atoms with E-state index in [0.717, 1.165) is 6.92 Å². The lowest BCUT2D eigenvalue weighted by atomic mass is 10.1. The molecule has 1 atom stereocenters. The molecule has 21 heavy (non-hydrogen) atoms. The predicted octanol–water partition coefficient (Wildman–Crippen LogP) is 2.09. The van der Waals surface area contributed by atoms with Crippen molar-refractivity contribution in [2.24, 2.45) is 5.92 Å². The Labute approximate surface area is 113 Å². The van der Waals surface area contributed by atoms with E-state index in [4.69, 9.17) is 0 Å². The first kappa shape index (κ1) is 19.4. The Bertz CT molecular complexity index is 352. The summed E-state index contributed by atoms with van der Waals surface area (Å²) in [5.41, 5.74) is 0. The molecular weight excluding hydrogens is 318 g/mol. The summed E-state index contributed by atoms with van der Waals surface area (Å²) in [7, 11) is 0. The monoisotopic (exact) mass is 328 g/mol. The Kier molecular flexibility index (Phi) is 7.43. The predicted molar refractivity (Wildman–Crippen MR) is 50.0 cm³/mol. The lowest BCUT2D eigenvalue weighted by Gasteiger charge is -2.12. The molecule has 0 aromatic carbocycles. The highest BCUT2D eigenvalue weighted by atomic mass is 19.4. The van der Waals surface area contributed by atoms with Crippen molar-refractivity contribution in [3.63, 3.8) is 0 Å². The summed E-state index contributed by atoms with van der Waals surface area (Å²) >= 11 is 0. The second kappa shape index (κ2) is 8.02. The normalized spacial score (nSPS) is 13.7. The van der Waals surface area contributed by atoms with Gasteiger partial charge in [0, 0.05) is 0 Å². The molecule has 124 valence electrons. The van der Waals surface area contributed by atoms with Gasteiger partial charge in [-0.15, -0.1) is 26.3 Å². The minimum absolute atomic E-state index is 0.702. The largest absolute Gasteiger partial charge is 0.525 e. The fourth-order valence-electron chi connectivity index (χ4n) is 0.851. The van der Waals surface area contributed by atoms with Gasteiger partial charge in [0.1, 0.15) is 0 Å². The van der Waals surface area contributed by atoms with E-state index in [2.05, 4.69) is 18.9 Å². The molecule has 0 aromatic rings. The van der Waals surface area contributed by atoms with E-state index in [1.807, 2.05) is 0 Å². The highest BCUT2D eigenvalue weighted by Crippen LogP contribution is 2.17. The van der Waals surface area contributed by atoms with Crippen LogP contribution in [-0.4, -0.2) is 38.2 Å². The Morgan fingerprint density at radius 2 is 1.33 bits per heavy atom. The van der Waals surface area contributed by atoms with Gasteiger partial charge >= 0.3 is 24.7 Å². The molecule has 0 N–H and O–H groups in total. The van der Waals surface area contributed by atoms with Crippen LogP contribution in [0.4, 0.5) is 26.3 Å². The van der Waals surface area contributed by atoms with E-state index in [-0.39, 0.29) is 0 Å². The summed E-state index contributed by atoms with van der Waals surface area (Å²) in [5.74, 6) is -3.67. The lowest BCUT2D eigenvalue weighted by Crippen LogP contribution is -2.24. The number of halogens is 6. The number of carbonyl (C=O) groups excluding carboxylic acids is 2. The first-order chi connectivity index (χ1) is 9.41. The van der Waals surface area contributed by atoms with E-state index < -0.39 is 50.6 Å². The number of hydrogen-bond acceptors (Lipinski definition) is 6. The van der Waals surface area contributed by atoms with Crippen LogP contribution in [0.25, 0.3) is 0 Å². The highest BCUT2D eigenvalue weighted by molar-refractivity contribution is 5.79. The van der Waals surface area contributed by atoms with Crippen molar-refractivity contribution in [2.75, 3.05) is 13.6 Å². The third-order valence-corrected chi connectivity index (χ3v) is 1.74. The zero-order valence-corrected chi connectivity index (χ0v) is 10.4. The van der Waals surface area contributed by atoms with E-state index >= 15 is 0 Å². The number of carbonyl (C=O) groups is 2. The van der Waals surface area contributed by atoms with Gasteiger partial charge in [-0.25, -0.2) is 0 Å². The Morgan fingerprint density at radius 1 is 0.905 bits per heavy atom. The van der Waals surface area contributed by atoms with Gasteiger partial charge in [0.05, 0.1) is 12.3 Å². The standard InChI is InChI=1S/C9H10F6O6/c1-5(7(17)19-4-21-9(13,14)15)2-6(16)18-3-20-8(10,11)12/h5H,2-4H2,1H3. The van der Waals surface area contributed by atoms with Crippen LogP contribution in [-0.2, 0) is 28.5 Å². The van der Waals surface area contributed by atoms with Crippen LogP contribution in [0.5, 0.6) is 0 Å². The second-order valence-corrected chi connectivity index (χ2v) is 3.50. The molecule has 0 spiro atoms. The van der Waals surface area contributed by atoms with E-state index in [1.165, 1.54) is 0 Å². The number of ether oxygens (including phenoxy) is 4. The van der Waals surface area contributed by atoms with Gasteiger partial charge in [-0.1, -0.05) is 6.92 Å². The second-order valence-electron chi connectivity index (χ2n) is 3.50. The van der Waals surface area contributed by atoms with Crippen molar-refractivity contribution < 1.29 is 54.9 Å². The average molecular weight is 328 g/mol. The molecule has 0 saturated heterocycles. The van der Waals surface area contributed by atoms with Crippen LogP contribution in [0.1, 0.15) is 13.3 Å². The molecule has 0 amide bonds. The van der Waals surface area contributed by atoms with Crippen LogP contribution in [0.15, 0.2) is 0 Å². The molecule has 0 aromatic heterocycles. The minimum atomic E-state index is -4.99. The van der Waals surface area contributed by atoms with Crippen molar-refractivity contribution in [3.8, 4) is 0 Å². The summed E-state index contributed by atoms with van der Waals surface area (Å²) in [5, 5.41) is 0. The molecule has 0 bridgehead atoms. The van der Waals surface area contributed by atoms with Crippen molar-refractivity contribution in [1.29, 1.82) is 0 Å². The van der Waals surface area contributed by atoms with E-state index in [9.17, 15) is 35.9 Å². The van der Waals surface area contributed by atoms with Crippen molar-refractivity contribution in [3.05, 3.63) is 0 Å². The molecule has 0 aliphatic heterocycles. The maximum absolute atomic E-state index is 11.6. The maximum Gasteiger partial charge on any atom is 0.525 e. The van der Waals surface area contributed by atoms with Gasteiger partial charge < -0.3 is 9.47 Å². The SMILES string of the molecule is CC(CC(=O)OCOC(F)(F)F)C(=O)OCOC(F)(F)F. The van der Waals surface area contributed by atoms with Crippen molar-refractivity contribution in [1.82, 2.24) is 0 Å². The third kappa shape index (κ3) is 11.9. The number of hydrogen-bond donors (Lipinski definition) is 0. The molecule has 0 aliphatic carbocycles. The Balaban J connectivity index is 3.93. The van der Waals surface area contributed by atoms with Crippen LogP contribution in [0.2, 0.25) is 0 Å². The van der Waals surface area contributed by atoms with Crippen LogP contribution >= 0.6 is 0 Å². The van der Waals surface area contributed by atoms with Gasteiger partial charge in [-0.05, 0) is 0 Å². The smallest absolute Gasteiger partial charge is 0.438 e. The van der Waals surface area contributed by atoms with E-state index in [1.54, 1.807) is 0 Å². The topological polar surface area (TPSA) is 71.1 Å². The van der Waals surface area contributed by atoms with Crippen LogP contribution < -0.4 is 0 Å². The minimum Gasteiger partial charge on any atom is -0.438 e. The fraction of sp³-hybridized carbons (Fsp3) is 0.778. The summed E-state index contributed by atoms with van der Waals surface area (Å²) in [4.78, 5) is 22.1. The number of rotatable bonds is 7. The molecule has 0 saturated carbocycles. The molecule has 1 unspecified atom stereocenters. The summed E-state index contributed by atoms with van der Waals surface area (Å²) in [6, 6.07) is 0. The van der Waals surface area contributed by atoms with Gasteiger partial charge in [-0.2, -0.15) is 0 Å².